The average Bonchev–Trinajstić information content (AvgIpc) is 2.60. The van der Waals surface area contributed by atoms with Crippen LogP contribution in [0.2, 0.25) is 0 Å². The summed E-state index contributed by atoms with van der Waals surface area (Å²) in [6.45, 7) is 0. The third-order valence-corrected chi connectivity index (χ3v) is 3.49. The molecule has 70 valence electrons. The maximum Gasteiger partial charge on any atom is 0.226 e. The molecule has 1 fully saturated rings. The minimum atomic E-state index is -0.434. The molecule has 0 spiro atoms. The quantitative estimate of drug-likeness (QED) is 0.525. The van der Waals surface area contributed by atoms with E-state index in [-0.39, 0.29) is 23.7 Å². The zero-order valence-electron chi connectivity index (χ0n) is 6.74. The third-order valence-electron chi connectivity index (χ3n) is 2.98. The molecule has 0 aromatic rings. The van der Waals surface area contributed by atoms with E-state index in [9.17, 15) is 9.59 Å². The van der Waals surface area contributed by atoms with Crippen LogP contribution in [0.25, 0.3) is 0 Å². The second-order valence-corrected chi connectivity index (χ2v) is 4.35. The SMILES string of the molecule is O=C(Cl)[C@H]1[C@H](C(=O)Cl)C2C=C[C@H]1C2. The highest BCUT2D eigenvalue weighted by molar-refractivity contribution is 6.66. The van der Waals surface area contributed by atoms with Crippen LogP contribution in [0.3, 0.4) is 0 Å². The molecular weight excluding hydrogens is 211 g/mol. The van der Waals surface area contributed by atoms with Crippen molar-refractivity contribution in [3.05, 3.63) is 12.2 Å². The monoisotopic (exact) mass is 218 g/mol. The fourth-order valence-corrected chi connectivity index (χ4v) is 3.04. The van der Waals surface area contributed by atoms with Gasteiger partial charge < -0.3 is 0 Å². The van der Waals surface area contributed by atoms with Gasteiger partial charge in [-0.05, 0) is 41.5 Å². The molecule has 0 amide bonds. The topological polar surface area (TPSA) is 34.1 Å². The van der Waals surface area contributed by atoms with Gasteiger partial charge in [-0.2, -0.15) is 0 Å². The van der Waals surface area contributed by atoms with Crippen molar-refractivity contribution in [2.45, 2.75) is 6.42 Å². The Hall–Kier alpha value is -0.340. The Kier molecular flexibility index (Phi) is 2.20. The van der Waals surface area contributed by atoms with Crippen LogP contribution < -0.4 is 0 Å². The van der Waals surface area contributed by atoms with Gasteiger partial charge in [-0.15, -0.1) is 0 Å². The fraction of sp³-hybridized carbons (Fsp3) is 0.556. The van der Waals surface area contributed by atoms with E-state index in [1.165, 1.54) is 0 Å². The molecule has 2 aliphatic rings. The Bertz CT molecular complexity index is 270. The van der Waals surface area contributed by atoms with Crippen molar-refractivity contribution >= 4 is 33.7 Å². The van der Waals surface area contributed by atoms with Gasteiger partial charge in [-0.25, -0.2) is 0 Å². The third kappa shape index (κ3) is 1.32. The maximum atomic E-state index is 11.1. The summed E-state index contributed by atoms with van der Waals surface area (Å²) in [6.07, 6.45) is 4.77. The lowest BCUT2D eigenvalue weighted by molar-refractivity contribution is -0.124. The van der Waals surface area contributed by atoms with Crippen molar-refractivity contribution in [1.29, 1.82) is 0 Å². The summed E-state index contributed by atoms with van der Waals surface area (Å²) < 4.78 is 0. The van der Waals surface area contributed by atoms with Gasteiger partial charge in [0.05, 0.1) is 11.8 Å². The summed E-state index contributed by atoms with van der Waals surface area (Å²) in [5.74, 6) is -0.520. The molecule has 0 N–H and O–H groups in total. The van der Waals surface area contributed by atoms with Crippen LogP contribution >= 0.6 is 23.2 Å². The molecule has 2 bridgehead atoms. The lowest BCUT2D eigenvalue weighted by atomic mass is 9.85. The summed E-state index contributed by atoms with van der Waals surface area (Å²) in [5, 5.41) is -0.869. The number of hydrogen-bond acceptors (Lipinski definition) is 2. The summed E-state index contributed by atoms with van der Waals surface area (Å²) in [7, 11) is 0. The molecule has 0 aromatic heterocycles. The average molecular weight is 219 g/mol. The van der Waals surface area contributed by atoms with Gasteiger partial charge in [0.2, 0.25) is 10.5 Å². The number of rotatable bonds is 2. The van der Waals surface area contributed by atoms with Gasteiger partial charge in [0.1, 0.15) is 0 Å². The minimum absolute atomic E-state index is 0.127. The van der Waals surface area contributed by atoms with Crippen LogP contribution in [0, 0.1) is 23.7 Å². The molecule has 4 atom stereocenters. The number of carbonyl (C=O) groups is 2. The van der Waals surface area contributed by atoms with Crippen LogP contribution in [0.15, 0.2) is 12.2 Å². The molecule has 0 heterocycles. The number of fused-ring (bicyclic) bond motifs is 2. The molecule has 2 rings (SSSR count). The molecule has 0 radical (unpaired) electrons. The van der Waals surface area contributed by atoms with Crippen molar-refractivity contribution in [2.75, 3.05) is 0 Å². The van der Waals surface area contributed by atoms with Crippen LogP contribution in [0.5, 0.6) is 0 Å². The highest BCUT2D eigenvalue weighted by atomic mass is 35.5. The van der Waals surface area contributed by atoms with E-state index in [4.69, 9.17) is 23.2 Å². The van der Waals surface area contributed by atoms with Gasteiger partial charge >= 0.3 is 0 Å². The zero-order valence-corrected chi connectivity index (χ0v) is 8.26. The number of hydrogen-bond donors (Lipinski definition) is 0. The highest BCUT2D eigenvalue weighted by Gasteiger charge is 2.50. The number of carbonyl (C=O) groups excluding carboxylic acids is 2. The highest BCUT2D eigenvalue weighted by Crippen LogP contribution is 2.49. The fourth-order valence-electron chi connectivity index (χ4n) is 2.44. The van der Waals surface area contributed by atoms with Crippen LogP contribution in [-0.4, -0.2) is 10.5 Å². The van der Waals surface area contributed by atoms with E-state index in [1.54, 1.807) is 0 Å². The second kappa shape index (κ2) is 3.10. The number of allylic oxidation sites excluding steroid dienone is 2. The summed E-state index contributed by atoms with van der Waals surface area (Å²) in [6, 6.07) is 0. The first kappa shape index (κ1) is 9.22. The van der Waals surface area contributed by atoms with Crippen molar-refractivity contribution in [2.24, 2.45) is 23.7 Å². The van der Waals surface area contributed by atoms with E-state index in [2.05, 4.69) is 0 Å². The lowest BCUT2D eigenvalue weighted by Gasteiger charge is -2.20. The summed E-state index contributed by atoms with van der Waals surface area (Å²) in [4.78, 5) is 22.1. The molecule has 1 saturated carbocycles. The van der Waals surface area contributed by atoms with Crippen molar-refractivity contribution in [3.63, 3.8) is 0 Å². The second-order valence-electron chi connectivity index (χ2n) is 3.61. The first-order valence-corrected chi connectivity index (χ1v) is 4.94. The first-order valence-electron chi connectivity index (χ1n) is 4.18. The molecular formula is C9H8Cl2O2. The maximum absolute atomic E-state index is 11.1. The van der Waals surface area contributed by atoms with Crippen molar-refractivity contribution in [1.82, 2.24) is 0 Å². The number of halogens is 2. The van der Waals surface area contributed by atoms with E-state index >= 15 is 0 Å². The Balaban J connectivity index is 2.30. The molecule has 1 unspecified atom stereocenters. The zero-order chi connectivity index (χ0) is 9.59. The largest absolute Gasteiger partial charge is 0.281 e. The van der Waals surface area contributed by atoms with Gasteiger partial charge in [-0.1, -0.05) is 12.2 Å². The molecule has 0 aromatic carbocycles. The molecule has 4 heteroatoms. The Morgan fingerprint density at radius 1 is 1.00 bits per heavy atom. The minimum Gasteiger partial charge on any atom is -0.281 e. The normalized spacial score (nSPS) is 41.1. The Morgan fingerprint density at radius 2 is 1.38 bits per heavy atom. The van der Waals surface area contributed by atoms with Gasteiger partial charge in [0.15, 0.2) is 0 Å². The molecule has 2 aliphatic carbocycles. The molecule has 0 aliphatic heterocycles. The van der Waals surface area contributed by atoms with Gasteiger partial charge in [0.25, 0.3) is 0 Å². The van der Waals surface area contributed by atoms with Gasteiger partial charge in [-0.3, -0.25) is 9.59 Å². The Labute approximate surface area is 85.9 Å². The smallest absolute Gasteiger partial charge is 0.226 e. The standard InChI is InChI=1S/C9H8Cl2O2/c10-8(12)6-4-1-2-5(3-4)7(6)9(11)13/h1-2,4-7H,3H2/t4-,5?,6+,7+/m0/s1. The van der Waals surface area contributed by atoms with E-state index in [0.29, 0.717) is 0 Å². The van der Waals surface area contributed by atoms with Gasteiger partial charge in [0, 0.05) is 0 Å². The lowest BCUT2D eigenvalue weighted by Crippen LogP contribution is -2.28. The van der Waals surface area contributed by atoms with Crippen molar-refractivity contribution < 1.29 is 9.59 Å². The van der Waals surface area contributed by atoms with Crippen LogP contribution in [0.1, 0.15) is 6.42 Å². The first-order chi connectivity index (χ1) is 6.11. The van der Waals surface area contributed by atoms with E-state index < -0.39 is 10.5 Å². The molecule has 13 heavy (non-hydrogen) atoms. The predicted molar refractivity (Wildman–Crippen MR) is 49.4 cm³/mol. The Morgan fingerprint density at radius 3 is 1.69 bits per heavy atom. The van der Waals surface area contributed by atoms with E-state index in [0.717, 1.165) is 6.42 Å². The van der Waals surface area contributed by atoms with E-state index in [1.807, 2.05) is 12.2 Å². The predicted octanol–water partition coefficient (Wildman–Crippen LogP) is 1.96. The van der Waals surface area contributed by atoms with Crippen LogP contribution in [-0.2, 0) is 9.59 Å². The van der Waals surface area contributed by atoms with Crippen LogP contribution in [0.4, 0.5) is 0 Å². The van der Waals surface area contributed by atoms with Crippen molar-refractivity contribution in [3.8, 4) is 0 Å². The molecule has 0 saturated heterocycles. The summed E-state index contributed by atoms with van der Waals surface area (Å²) in [5.41, 5.74) is 0. The summed E-state index contributed by atoms with van der Waals surface area (Å²) >= 11 is 10.9. The molecule has 2 nitrogen and oxygen atoms in total.